The standard InChI is InChI=1S/C14H15F3N4O2/c1-20(8-10-7-18-21(2)9-10)13(22)19-11-5-3-4-6-12(11)23-14(15,16)17/h3-7,9H,8H2,1-2H3,(H,19,22). The average molecular weight is 328 g/mol. The van der Waals surface area contributed by atoms with E-state index in [4.69, 9.17) is 0 Å². The van der Waals surface area contributed by atoms with Crippen molar-refractivity contribution in [1.82, 2.24) is 14.7 Å². The third-order valence-corrected chi connectivity index (χ3v) is 2.88. The number of nitrogens with zero attached hydrogens (tertiary/aromatic N) is 3. The molecule has 1 aromatic heterocycles. The Hall–Kier alpha value is -2.71. The summed E-state index contributed by atoms with van der Waals surface area (Å²) in [4.78, 5) is 13.4. The molecule has 1 aromatic carbocycles. The van der Waals surface area contributed by atoms with Gasteiger partial charge in [0.05, 0.1) is 18.4 Å². The number of carbonyl (C=O) groups is 1. The number of nitrogens with one attached hydrogen (secondary N) is 1. The number of hydrogen-bond acceptors (Lipinski definition) is 3. The van der Waals surface area contributed by atoms with Crippen LogP contribution in [-0.2, 0) is 13.6 Å². The van der Waals surface area contributed by atoms with Crippen LogP contribution in [0, 0.1) is 0 Å². The first-order chi connectivity index (χ1) is 10.7. The second-order valence-electron chi connectivity index (χ2n) is 4.85. The highest BCUT2D eigenvalue weighted by Gasteiger charge is 2.32. The number of para-hydroxylation sites is 2. The predicted octanol–water partition coefficient (Wildman–Crippen LogP) is 2.98. The lowest BCUT2D eigenvalue weighted by molar-refractivity contribution is -0.274. The summed E-state index contributed by atoms with van der Waals surface area (Å²) in [5.74, 6) is -0.469. The van der Waals surface area contributed by atoms with Crippen LogP contribution in [0.5, 0.6) is 5.75 Å². The summed E-state index contributed by atoms with van der Waals surface area (Å²) < 4.78 is 42.5. The molecule has 2 rings (SSSR count). The van der Waals surface area contributed by atoms with Crippen LogP contribution in [-0.4, -0.2) is 34.1 Å². The summed E-state index contributed by atoms with van der Waals surface area (Å²) >= 11 is 0. The largest absolute Gasteiger partial charge is 0.573 e. The molecule has 0 bridgehead atoms. The van der Waals surface area contributed by atoms with E-state index in [0.717, 1.165) is 11.6 Å². The van der Waals surface area contributed by atoms with E-state index in [1.165, 1.54) is 30.1 Å². The fourth-order valence-electron chi connectivity index (χ4n) is 1.89. The highest BCUT2D eigenvalue weighted by atomic mass is 19.4. The maximum atomic E-state index is 12.4. The smallest absolute Gasteiger partial charge is 0.404 e. The number of amides is 2. The van der Waals surface area contributed by atoms with E-state index in [1.54, 1.807) is 24.1 Å². The molecule has 2 aromatic rings. The minimum absolute atomic E-state index is 0.0622. The van der Waals surface area contributed by atoms with Crippen molar-refractivity contribution in [1.29, 1.82) is 0 Å². The van der Waals surface area contributed by atoms with Gasteiger partial charge in [0.15, 0.2) is 5.75 Å². The van der Waals surface area contributed by atoms with Gasteiger partial charge in [-0.15, -0.1) is 13.2 Å². The van der Waals surface area contributed by atoms with Crippen LogP contribution in [0.3, 0.4) is 0 Å². The summed E-state index contributed by atoms with van der Waals surface area (Å²) in [6.07, 6.45) is -1.49. The first-order valence-electron chi connectivity index (χ1n) is 6.59. The first kappa shape index (κ1) is 16.7. The van der Waals surface area contributed by atoms with Crippen LogP contribution in [0.4, 0.5) is 23.7 Å². The fraction of sp³-hybridized carbons (Fsp3) is 0.286. The van der Waals surface area contributed by atoms with E-state index in [0.29, 0.717) is 0 Å². The topological polar surface area (TPSA) is 59.4 Å². The zero-order valence-electron chi connectivity index (χ0n) is 12.5. The third-order valence-electron chi connectivity index (χ3n) is 2.88. The predicted molar refractivity (Wildman–Crippen MR) is 76.8 cm³/mol. The quantitative estimate of drug-likeness (QED) is 0.939. The Morgan fingerprint density at radius 1 is 1.39 bits per heavy atom. The number of alkyl halides is 3. The molecule has 6 nitrogen and oxygen atoms in total. The molecule has 9 heteroatoms. The van der Waals surface area contributed by atoms with Crippen molar-refractivity contribution in [3.63, 3.8) is 0 Å². The Labute approximate surface area is 130 Å². The Bertz CT molecular complexity index is 685. The van der Waals surface area contributed by atoms with Crippen LogP contribution < -0.4 is 10.1 Å². The van der Waals surface area contributed by atoms with E-state index < -0.39 is 18.1 Å². The van der Waals surface area contributed by atoms with Crippen LogP contribution >= 0.6 is 0 Å². The molecule has 0 aliphatic rings. The van der Waals surface area contributed by atoms with Gasteiger partial charge in [-0.1, -0.05) is 12.1 Å². The molecule has 0 aliphatic carbocycles. The number of halogens is 3. The van der Waals surface area contributed by atoms with Gasteiger partial charge in [0.25, 0.3) is 0 Å². The molecule has 0 fully saturated rings. The molecule has 124 valence electrons. The normalized spacial score (nSPS) is 11.2. The Kier molecular flexibility index (Phi) is 4.77. The molecule has 0 saturated heterocycles. The van der Waals surface area contributed by atoms with Gasteiger partial charge in [0, 0.05) is 25.9 Å². The number of hydrogen-bond donors (Lipinski definition) is 1. The van der Waals surface area contributed by atoms with Crippen molar-refractivity contribution in [2.24, 2.45) is 7.05 Å². The van der Waals surface area contributed by atoms with Crippen LogP contribution in [0.1, 0.15) is 5.56 Å². The molecule has 1 N–H and O–H groups in total. The lowest BCUT2D eigenvalue weighted by Gasteiger charge is -2.19. The average Bonchev–Trinajstić information content (AvgIpc) is 2.84. The molecule has 0 unspecified atom stereocenters. The third kappa shape index (κ3) is 4.90. The van der Waals surface area contributed by atoms with Gasteiger partial charge >= 0.3 is 12.4 Å². The first-order valence-corrected chi connectivity index (χ1v) is 6.59. The van der Waals surface area contributed by atoms with E-state index in [1.807, 2.05) is 0 Å². The van der Waals surface area contributed by atoms with Crippen molar-refractivity contribution >= 4 is 11.7 Å². The minimum atomic E-state index is -4.83. The second kappa shape index (κ2) is 6.59. The SMILES string of the molecule is CN(Cc1cnn(C)c1)C(=O)Nc1ccccc1OC(F)(F)F. The maximum absolute atomic E-state index is 12.4. The van der Waals surface area contributed by atoms with Crippen molar-refractivity contribution in [3.8, 4) is 5.75 Å². The summed E-state index contributed by atoms with van der Waals surface area (Å²) in [5.41, 5.74) is 0.734. The van der Waals surface area contributed by atoms with Crippen LogP contribution in [0.15, 0.2) is 36.7 Å². The molecule has 0 atom stereocenters. The summed E-state index contributed by atoms with van der Waals surface area (Å²) in [6.45, 7) is 0.266. The Morgan fingerprint density at radius 2 is 2.09 bits per heavy atom. The maximum Gasteiger partial charge on any atom is 0.573 e. The van der Waals surface area contributed by atoms with Crippen molar-refractivity contribution in [2.45, 2.75) is 12.9 Å². The number of ether oxygens (including phenoxy) is 1. The Morgan fingerprint density at radius 3 is 2.70 bits per heavy atom. The minimum Gasteiger partial charge on any atom is -0.404 e. The van der Waals surface area contributed by atoms with Gasteiger partial charge in [-0.05, 0) is 12.1 Å². The van der Waals surface area contributed by atoms with Crippen molar-refractivity contribution in [3.05, 3.63) is 42.2 Å². The summed E-state index contributed by atoms with van der Waals surface area (Å²) in [6, 6.07) is 4.78. The zero-order chi connectivity index (χ0) is 17.0. The van der Waals surface area contributed by atoms with Gasteiger partial charge in [-0.2, -0.15) is 5.10 Å². The molecule has 2 amide bonds. The number of urea groups is 1. The molecule has 0 radical (unpaired) electrons. The van der Waals surface area contributed by atoms with E-state index in [-0.39, 0.29) is 12.2 Å². The number of benzene rings is 1. The molecule has 0 aliphatic heterocycles. The monoisotopic (exact) mass is 328 g/mol. The van der Waals surface area contributed by atoms with Gasteiger partial charge in [0.2, 0.25) is 0 Å². The highest BCUT2D eigenvalue weighted by molar-refractivity contribution is 5.90. The van der Waals surface area contributed by atoms with Gasteiger partial charge in [0.1, 0.15) is 0 Å². The van der Waals surface area contributed by atoms with Gasteiger partial charge < -0.3 is 15.0 Å². The molecular formula is C14H15F3N4O2. The number of aromatic nitrogens is 2. The molecular weight excluding hydrogens is 313 g/mol. The number of anilines is 1. The number of rotatable bonds is 4. The molecule has 0 saturated carbocycles. The van der Waals surface area contributed by atoms with Crippen LogP contribution in [0.2, 0.25) is 0 Å². The second-order valence-corrected chi connectivity index (χ2v) is 4.85. The Balaban J connectivity index is 2.05. The summed E-state index contributed by atoms with van der Waals surface area (Å²) in [5, 5.41) is 6.38. The van der Waals surface area contributed by atoms with E-state index >= 15 is 0 Å². The highest BCUT2D eigenvalue weighted by Crippen LogP contribution is 2.30. The summed E-state index contributed by atoms with van der Waals surface area (Å²) in [7, 11) is 3.27. The van der Waals surface area contributed by atoms with E-state index in [9.17, 15) is 18.0 Å². The molecule has 0 spiro atoms. The van der Waals surface area contributed by atoms with Crippen molar-refractivity contribution < 1.29 is 22.7 Å². The lowest BCUT2D eigenvalue weighted by Crippen LogP contribution is -2.31. The zero-order valence-corrected chi connectivity index (χ0v) is 12.5. The van der Waals surface area contributed by atoms with Crippen molar-refractivity contribution in [2.75, 3.05) is 12.4 Å². The fourth-order valence-corrected chi connectivity index (χ4v) is 1.89. The van der Waals surface area contributed by atoms with Crippen LogP contribution in [0.25, 0.3) is 0 Å². The van der Waals surface area contributed by atoms with Gasteiger partial charge in [-0.25, -0.2) is 4.79 Å². The molecule has 1 heterocycles. The molecule has 23 heavy (non-hydrogen) atoms. The van der Waals surface area contributed by atoms with E-state index in [2.05, 4.69) is 15.2 Å². The number of carbonyl (C=O) groups excluding carboxylic acids is 1. The lowest BCUT2D eigenvalue weighted by atomic mass is 10.3. The van der Waals surface area contributed by atoms with Gasteiger partial charge in [-0.3, -0.25) is 4.68 Å². The number of aryl methyl sites for hydroxylation is 1.